The molecule has 0 aliphatic heterocycles. The van der Waals surface area contributed by atoms with Gasteiger partial charge in [0.25, 0.3) is 0 Å². The van der Waals surface area contributed by atoms with Crippen LogP contribution in [-0.2, 0) is 0 Å². The van der Waals surface area contributed by atoms with Gasteiger partial charge in [-0.3, -0.25) is 4.90 Å². The summed E-state index contributed by atoms with van der Waals surface area (Å²) in [6, 6.07) is 0. The van der Waals surface area contributed by atoms with Gasteiger partial charge in [-0.05, 0) is 18.4 Å². The maximum absolute atomic E-state index is 9.09. The fourth-order valence-corrected chi connectivity index (χ4v) is 2.54. The van der Waals surface area contributed by atoms with E-state index in [2.05, 4.69) is 30.6 Å². The highest BCUT2D eigenvalue weighted by atomic mass is 16.3. The molecule has 0 heterocycles. The van der Waals surface area contributed by atoms with E-state index in [0.717, 1.165) is 26.1 Å². The smallest absolute Gasteiger partial charge is 0.0558 e. The fraction of sp³-hybridized carbons (Fsp3) is 1.00. The van der Waals surface area contributed by atoms with Crippen molar-refractivity contribution >= 4 is 0 Å². The zero-order valence-electron chi connectivity index (χ0n) is 12.8. The van der Waals surface area contributed by atoms with Gasteiger partial charge in [-0.25, -0.2) is 0 Å². The highest BCUT2D eigenvalue weighted by molar-refractivity contribution is 4.78. The number of aliphatic hydroxyl groups is 3. The third-order valence-corrected chi connectivity index (χ3v) is 3.09. The third kappa shape index (κ3) is 9.35. The minimum absolute atomic E-state index is 0.0642. The van der Waals surface area contributed by atoms with Crippen LogP contribution >= 0.6 is 0 Å². The van der Waals surface area contributed by atoms with Crippen molar-refractivity contribution in [1.29, 1.82) is 0 Å². The third-order valence-electron chi connectivity index (χ3n) is 3.09. The molecule has 0 aromatic heterocycles. The van der Waals surface area contributed by atoms with Gasteiger partial charge in [0.1, 0.15) is 0 Å². The molecule has 0 atom stereocenters. The number of nitrogens with zero attached hydrogens (tertiary/aromatic N) is 2. The van der Waals surface area contributed by atoms with Crippen molar-refractivity contribution in [3.8, 4) is 0 Å². The zero-order chi connectivity index (χ0) is 14.7. The molecule has 0 rings (SSSR count). The lowest BCUT2D eigenvalue weighted by atomic mass is 9.91. The van der Waals surface area contributed by atoms with Gasteiger partial charge in [0.2, 0.25) is 0 Å². The Hall–Kier alpha value is -0.200. The molecule has 5 nitrogen and oxygen atoms in total. The first-order valence-corrected chi connectivity index (χ1v) is 7.26. The minimum atomic E-state index is 0.0642. The molecular formula is C14H32N2O3. The summed E-state index contributed by atoms with van der Waals surface area (Å²) in [5.74, 6) is 0. The van der Waals surface area contributed by atoms with Crippen LogP contribution in [0.25, 0.3) is 0 Å². The lowest BCUT2D eigenvalue weighted by Crippen LogP contribution is -2.44. The van der Waals surface area contributed by atoms with Gasteiger partial charge in [0.05, 0.1) is 19.8 Å². The molecule has 0 radical (unpaired) electrons. The van der Waals surface area contributed by atoms with Crippen LogP contribution in [0.1, 0.15) is 27.2 Å². The Morgan fingerprint density at radius 2 is 1.11 bits per heavy atom. The van der Waals surface area contributed by atoms with E-state index in [1.807, 2.05) is 0 Å². The molecule has 0 aliphatic rings. The zero-order valence-corrected chi connectivity index (χ0v) is 12.8. The molecule has 0 aliphatic carbocycles. The lowest BCUT2D eigenvalue weighted by Gasteiger charge is -2.36. The first kappa shape index (κ1) is 18.8. The second-order valence-electron chi connectivity index (χ2n) is 5.89. The lowest BCUT2D eigenvalue weighted by molar-refractivity contribution is 0.0851. The van der Waals surface area contributed by atoms with Gasteiger partial charge < -0.3 is 20.2 Å². The van der Waals surface area contributed by atoms with Gasteiger partial charge in [-0.2, -0.15) is 0 Å². The minimum Gasteiger partial charge on any atom is -0.395 e. The standard InChI is InChI=1S/C14H32N2O3/c1-4-5-15(6-9-17)12-14(2,3)13-16(7-10-18)8-11-19/h17-19H,4-13H2,1-3H3. The Bertz CT molecular complexity index is 181. The molecule has 0 amide bonds. The maximum Gasteiger partial charge on any atom is 0.0558 e. The molecule has 0 unspecified atom stereocenters. The summed E-state index contributed by atoms with van der Waals surface area (Å²) in [5.41, 5.74) is 0.0642. The Kier molecular flexibility index (Phi) is 10.5. The average Bonchev–Trinajstić information content (AvgIpc) is 2.29. The molecule has 0 aromatic rings. The summed E-state index contributed by atoms with van der Waals surface area (Å²) in [5, 5.41) is 27.2. The fourth-order valence-electron chi connectivity index (χ4n) is 2.54. The van der Waals surface area contributed by atoms with Gasteiger partial charge >= 0.3 is 0 Å². The molecule has 5 heteroatoms. The molecule has 3 N–H and O–H groups in total. The van der Waals surface area contributed by atoms with Crippen molar-refractivity contribution in [2.45, 2.75) is 27.2 Å². The number of rotatable bonds is 12. The van der Waals surface area contributed by atoms with E-state index in [4.69, 9.17) is 15.3 Å². The van der Waals surface area contributed by atoms with Crippen LogP contribution in [0.4, 0.5) is 0 Å². The first-order chi connectivity index (χ1) is 8.99. The van der Waals surface area contributed by atoms with E-state index in [1.54, 1.807) is 0 Å². The Labute approximate surface area is 117 Å². The van der Waals surface area contributed by atoms with Crippen molar-refractivity contribution in [3.63, 3.8) is 0 Å². The van der Waals surface area contributed by atoms with Crippen LogP contribution in [0.2, 0.25) is 0 Å². The van der Waals surface area contributed by atoms with E-state index in [0.29, 0.717) is 19.6 Å². The Morgan fingerprint density at radius 1 is 0.737 bits per heavy atom. The summed E-state index contributed by atoms with van der Waals surface area (Å²) < 4.78 is 0. The van der Waals surface area contributed by atoms with Crippen molar-refractivity contribution in [3.05, 3.63) is 0 Å². The predicted molar refractivity (Wildman–Crippen MR) is 78.2 cm³/mol. The quantitative estimate of drug-likeness (QED) is 0.468. The Morgan fingerprint density at radius 3 is 1.42 bits per heavy atom. The average molecular weight is 276 g/mol. The summed E-state index contributed by atoms with van der Waals surface area (Å²) >= 11 is 0. The molecule has 0 bridgehead atoms. The van der Waals surface area contributed by atoms with Crippen LogP contribution in [0.5, 0.6) is 0 Å². The SMILES string of the molecule is CCCN(CCO)CC(C)(C)CN(CCO)CCO. The number of aliphatic hydroxyl groups excluding tert-OH is 3. The second kappa shape index (κ2) is 10.6. The van der Waals surface area contributed by atoms with Crippen LogP contribution < -0.4 is 0 Å². The molecule has 116 valence electrons. The summed E-state index contributed by atoms with van der Waals surface area (Å²) in [4.78, 5) is 4.36. The Balaban J connectivity index is 4.38. The van der Waals surface area contributed by atoms with Crippen LogP contribution in [-0.4, -0.2) is 84.2 Å². The normalized spacial score (nSPS) is 12.6. The van der Waals surface area contributed by atoms with Crippen molar-refractivity contribution in [2.75, 3.05) is 59.1 Å². The maximum atomic E-state index is 9.09. The summed E-state index contributed by atoms with van der Waals surface area (Å²) in [6.07, 6.45) is 1.08. The molecule has 19 heavy (non-hydrogen) atoms. The van der Waals surface area contributed by atoms with E-state index >= 15 is 0 Å². The van der Waals surface area contributed by atoms with E-state index in [9.17, 15) is 0 Å². The van der Waals surface area contributed by atoms with Gasteiger partial charge in [-0.1, -0.05) is 20.8 Å². The van der Waals surface area contributed by atoms with Crippen LogP contribution in [0, 0.1) is 5.41 Å². The van der Waals surface area contributed by atoms with Crippen molar-refractivity contribution in [1.82, 2.24) is 9.80 Å². The van der Waals surface area contributed by atoms with Crippen LogP contribution in [0.3, 0.4) is 0 Å². The van der Waals surface area contributed by atoms with Gasteiger partial charge in [0, 0.05) is 32.7 Å². The van der Waals surface area contributed by atoms with E-state index in [-0.39, 0.29) is 25.2 Å². The first-order valence-electron chi connectivity index (χ1n) is 7.26. The summed E-state index contributed by atoms with van der Waals surface area (Å²) in [7, 11) is 0. The molecule has 0 saturated carbocycles. The second-order valence-corrected chi connectivity index (χ2v) is 5.89. The predicted octanol–water partition coefficient (Wildman–Crippen LogP) is 0.00350. The van der Waals surface area contributed by atoms with E-state index < -0.39 is 0 Å². The van der Waals surface area contributed by atoms with Crippen molar-refractivity contribution in [2.24, 2.45) is 5.41 Å². The number of hydrogen-bond acceptors (Lipinski definition) is 5. The molecular weight excluding hydrogens is 244 g/mol. The van der Waals surface area contributed by atoms with Crippen LogP contribution in [0.15, 0.2) is 0 Å². The van der Waals surface area contributed by atoms with Crippen molar-refractivity contribution < 1.29 is 15.3 Å². The molecule has 0 spiro atoms. The molecule has 0 aromatic carbocycles. The molecule has 0 fully saturated rings. The monoisotopic (exact) mass is 276 g/mol. The number of hydrogen-bond donors (Lipinski definition) is 3. The largest absolute Gasteiger partial charge is 0.395 e. The van der Waals surface area contributed by atoms with E-state index in [1.165, 1.54) is 0 Å². The highest BCUT2D eigenvalue weighted by Crippen LogP contribution is 2.19. The molecule has 0 saturated heterocycles. The highest BCUT2D eigenvalue weighted by Gasteiger charge is 2.24. The summed E-state index contributed by atoms with van der Waals surface area (Å²) in [6.45, 7) is 11.6. The van der Waals surface area contributed by atoms with Gasteiger partial charge in [-0.15, -0.1) is 0 Å². The van der Waals surface area contributed by atoms with Gasteiger partial charge in [0.15, 0.2) is 0 Å². The topological polar surface area (TPSA) is 67.2 Å².